The average molecular weight is 691 g/mol. The zero-order valence-corrected chi connectivity index (χ0v) is 30.5. The number of hydrogen-bond donors (Lipinski definition) is 4. The molecule has 272 valence electrons. The van der Waals surface area contributed by atoms with Crippen LogP contribution >= 0.6 is 0 Å². The minimum atomic E-state index is 0.0926. The molecule has 12 nitrogen and oxygen atoms in total. The van der Waals surface area contributed by atoms with Gasteiger partial charge in [-0.25, -0.2) is 0 Å². The van der Waals surface area contributed by atoms with Crippen molar-refractivity contribution >= 4 is 46.6 Å². The summed E-state index contributed by atoms with van der Waals surface area (Å²) in [7, 11) is 4.82. The SMILES string of the molecule is C=O.CC.CCC(=O)NC.CCC(=O)NC1CCCN(c2ccc(N)cc2)C1.COc1cc2nccc(Oc3cccc(N)c3)c2cc1OC. The molecule has 1 atom stereocenters. The number of ether oxygens (including phenoxy) is 3. The Kier molecular flexibility index (Phi) is 20.2. The van der Waals surface area contributed by atoms with Gasteiger partial charge in [0.25, 0.3) is 0 Å². The number of aromatic nitrogens is 1. The van der Waals surface area contributed by atoms with Crippen LogP contribution in [0.15, 0.2) is 72.9 Å². The van der Waals surface area contributed by atoms with E-state index in [0.717, 1.165) is 42.5 Å². The van der Waals surface area contributed by atoms with Crippen LogP contribution in [0, 0.1) is 0 Å². The van der Waals surface area contributed by atoms with Crippen molar-refractivity contribution in [2.24, 2.45) is 0 Å². The highest BCUT2D eigenvalue weighted by Gasteiger charge is 2.21. The van der Waals surface area contributed by atoms with Crippen LogP contribution in [-0.2, 0) is 14.4 Å². The number of nitrogens with two attached hydrogens (primary N) is 2. The van der Waals surface area contributed by atoms with Gasteiger partial charge in [-0.1, -0.05) is 33.8 Å². The van der Waals surface area contributed by atoms with Crippen molar-refractivity contribution in [2.45, 2.75) is 59.4 Å². The van der Waals surface area contributed by atoms with E-state index in [-0.39, 0.29) is 17.9 Å². The van der Waals surface area contributed by atoms with Gasteiger partial charge in [-0.15, -0.1) is 0 Å². The molecule has 0 spiro atoms. The van der Waals surface area contributed by atoms with Gasteiger partial charge < -0.3 is 46.0 Å². The van der Waals surface area contributed by atoms with Gasteiger partial charge in [-0.05, 0) is 61.4 Å². The lowest BCUT2D eigenvalue weighted by molar-refractivity contribution is -0.121. The molecule has 0 bridgehead atoms. The number of anilines is 3. The van der Waals surface area contributed by atoms with Gasteiger partial charge in [0.1, 0.15) is 18.3 Å². The number of amides is 2. The molecular formula is C38H54N6O6. The Hall–Kier alpha value is -5.52. The predicted octanol–water partition coefficient (Wildman–Crippen LogP) is 6.37. The average Bonchev–Trinajstić information content (AvgIpc) is 3.16. The summed E-state index contributed by atoms with van der Waals surface area (Å²) < 4.78 is 16.6. The highest BCUT2D eigenvalue weighted by Crippen LogP contribution is 2.37. The van der Waals surface area contributed by atoms with Gasteiger partial charge in [-0.3, -0.25) is 14.6 Å². The monoisotopic (exact) mass is 690 g/mol. The maximum absolute atomic E-state index is 11.4. The summed E-state index contributed by atoms with van der Waals surface area (Å²) in [5.41, 5.74) is 14.8. The molecule has 0 saturated carbocycles. The number of rotatable bonds is 8. The Labute approximate surface area is 296 Å². The van der Waals surface area contributed by atoms with Gasteiger partial charge in [0.2, 0.25) is 11.8 Å². The van der Waals surface area contributed by atoms with Crippen molar-refractivity contribution in [1.82, 2.24) is 15.6 Å². The maximum Gasteiger partial charge on any atom is 0.219 e. The van der Waals surface area contributed by atoms with E-state index in [9.17, 15) is 9.59 Å². The molecule has 12 heteroatoms. The van der Waals surface area contributed by atoms with E-state index in [1.807, 2.05) is 89.1 Å². The molecule has 1 fully saturated rings. The molecular weight excluding hydrogens is 636 g/mol. The molecule has 3 aromatic carbocycles. The maximum atomic E-state index is 11.4. The third kappa shape index (κ3) is 13.9. The number of carbonyl (C=O) groups excluding carboxylic acids is 3. The Bertz CT molecular complexity index is 1580. The third-order valence-electron chi connectivity index (χ3n) is 7.26. The number of nitrogens with zero attached hydrogens (tertiary/aromatic N) is 2. The van der Waals surface area contributed by atoms with Gasteiger partial charge in [0.15, 0.2) is 11.5 Å². The molecule has 1 unspecified atom stereocenters. The lowest BCUT2D eigenvalue weighted by Gasteiger charge is -2.34. The Balaban J connectivity index is 0.000000402. The Morgan fingerprint density at radius 3 is 2.08 bits per heavy atom. The smallest absolute Gasteiger partial charge is 0.219 e. The fraction of sp³-hybridized carbons (Fsp3) is 0.368. The molecule has 6 N–H and O–H groups in total. The molecule has 0 aliphatic carbocycles. The van der Waals surface area contributed by atoms with E-state index in [4.69, 9.17) is 30.5 Å². The number of methoxy groups -OCH3 is 2. The number of nitrogens with one attached hydrogen (secondary N) is 2. The molecule has 5 rings (SSSR count). The second-order valence-corrected chi connectivity index (χ2v) is 10.5. The van der Waals surface area contributed by atoms with Crippen molar-refractivity contribution in [3.05, 3.63) is 72.9 Å². The molecule has 4 aromatic rings. The zero-order valence-electron chi connectivity index (χ0n) is 30.5. The second kappa shape index (κ2) is 23.7. The first-order valence-corrected chi connectivity index (χ1v) is 16.6. The summed E-state index contributed by atoms with van der Waals surface area (Å²) in [6.07, 6.45) is 5.00. The summed E-state index contributed by atoms with van der Waals surface area (Å²) in [6, 6.07) is 20.9. The van der Waals surface area contributed by atoms with Crippen LogP contribution in [0.4, 0.5) is 17.1 Å². The van der Waals surface area contributed by atoms with E-state index in [0.29, 0.717) is 41.5 Å². The molecule has 1 aliphatic rings. The van der Waals surface area contributed by atoms with Crippen LogP contribution in [0.1, 0.15) is 53.4 Å². The number of benzene rings is 3. The number of nitrogen functional groups attached to an aromatic ring is 2. The van der Waals surface area contributed by atoms with Crippen molar-refractivity contribution in [2.75, 3.05) is 50.7 Å². The first-order valence-electron chi connectivity index (χ1n) is 16.6. The van der Waals surface area contributed by atoms with Gasteiger partial charge in [0.05, 0.1) is 19.7 Å². The Morgan fingerprint density at radius 1 is 0.880 bits per heavy atom. The Morgan fingerprint density at radius 2 is 1.52 bits per heavy atom. The molecule has 1 aromatic heterocycles. The van der Waals surface area contributed by atoms with Gasteiger partial charge in [0, 0.05) is 79.8 Å². The molecule has 50 heavy (non-hydrogen) atoms. The second-order valence-electron chi connectivity index (χ2n) is 10.5. The van der Waals surface area contributed by atoms with Crippen LogP contribution in [0.3, 0.4) is 0 Å². The highest BCUT2D eigenvalue weighted by atomic mass is 16.5. The highest BCUT2D eigenvalue weighted by molar-refractivity contribution is 5.88. The molecule has 0 radical (unpaired) electrons. The lowest BCUT2D eigenvalue weighted by Crippen LogP contribution is -2.47. The molecule has 2 amide bonds. The number of fused-ring (bicyclic) bond motifs is 1. The zero-order chi connectivity index (χ0) is 37.5. The lowest BCUT2D eigenvalue weighted by atomic mass is 10.0. The first kappa shape index (κ1) is 42.5. The fourth-order valence-corrected chi connectivity index (χ4v) is 4.76. The normalized spacial score (nSPS) is 12.8. The van der Waals surface area contributed by atoms with Crippen molar-refractivity contribution in [1.29, 1.82) is 0 Å². The quantitative estimate of drug-likeness (QED) is 0.152. The summed E-state index contributed by atoms with van der Waals surface area (Å²) >= 11 is 0. The van der Waals surface area contributed by atoms with E-state index in [1.165, 1.54) is 5.69 Å². The minimum Gasteiger partial charge on any atom is -0.493 e. The molecule has 1 saturated heterocycles. The third-order valence-corrected chi connectivity index (χ3v) is 7.26. The van der Waals surface area contributed by atoms with Crippen molar-refractivity contribution in [3.63, 3.8) is 0 Å². The van der Waals surface area contributed by atoms with Crippen LogP contribution in [0.2, 0.25) is 0 Å². The summed E-state index contributed by atoms with van der Waals surface area (Å²) in [4.78, 5) is 36.1. The van der Waals surface area contributed by atoms with Crippen LogP contribution in [0.25, 0.3) is 10.9 Å². The van der Waals surface area contributed by atoms with E-state index < -0.39 is 0 Å². The predicted molar refractivity (Wildman–Crippen MR) is 203 cm³/mol. The van der Waals surface area contributed by atoms with Crippen LogP contribution in [-0.4, -0.2) is 64.0 Å². The standard InChI is InChI=1S/C17H16N2O3.C14H21N3O.C4H9NO.C2H6.CH2O/c1-20-16-9-13-14(10-17(16)21-2)19-7-6-15(13)22-12-5-3-4-11(18)8-12;1-2-14(18)16-12-4-3-9-17(10-12)13-7-5-11(15)6-8-13;1-3-4(6)5-2;2*1-2/h3-10H,18H2,1-2H3;5-8,12H,2-4,9-10,15H2,1H3,(H,16,18);3H2,1-2H3,(H,5,6);1-2H3;1H2. The van der Waals surface area contributed by atoms with Crippen LogP contribution in [0.5, 0.6) is 23.0 Å². The number of hydrogen-bond acceptors (Lipinski definition) is 10. The van der Waals surface area contributed by atoms with Gasteiger partial charge >= 0.3 is 0 Å². The topological polar surface area (TPSA) is 171 Å². The van der Waals surface area contributed by atoms with E-state index in [2.05, 4.69) is 20.5 Å². The van der Waals surface area contributed by atoms with E-state index >= 15 is 0 Å². The summed E-state index contributed by atoms with van der Waals surface area (Å²) in [5, 5.41) is 6.39. The van der Waals surface area contributed by atoms with Crippen molar-refractivity contribution in [3.8, 4) is 23.0 Å². The molecule has 2 heterocycles. The van der Waals surface area contributed by atoms with E-state index in [1.54, 1.807) is 39.6 Å². The molecule has 1 aliphatic heterocycles. The summed E-state index contributed by atoms with van der Waals surface area (Å²) in [6.45, 7) is 11.6. The largest absolute Gasteiger partial charge is 0.493 e. The fourth-order valence-electron chi connectivity index (χ4n) is 4.76. The van der Waals surface area contributed by atoms with Crippen molar-refractivity contribution < 1.29 is 28.6 Å². The first-order chi connectivity index (χ1) is 24.2. The minimum absolute atomic E-state index is 0.0926. The number of carbonyl (C=O) groups is 3. The number of piperidine rings is 1. The number of pyridine rings is 1. The van der Waals surface area contributed by atoms with Crippen LogP contribution < -0.4 is 41.2 Å². The van der Waals surface area contributed by atoms with Gasteiger partial charge in [-0.2, -0.15) is 0 Å². The summed E-state index contributed by atoms with van der Waals surface area (Å²) in [5.74, 6) is 2.83.